The molecule has 0 bridgehead atoms. The van der Waals surface area contributed by atoms with E-state index < -0.39 is 0 Å². The quantitative estimate of drug-likeness (QED) is 0.774. The molecule has 0 unspecified atom stereocenters. The van der Waals surface area contributed by atoms with Crippen LogP contribution in [0.4, 0.5) is 11.4 Å². The molecule has 1 aliphatic rings. The zero-order valence-electron chi connectivity index (χ0n) is 16.3. The third-order valence-electron chi connectivity index (χ3n) is 4.66. The number of hydrogen-bond acceptors (Lipinski definition) is 4. The molecule has 2 aromatic rings. The van der Waals surface area contributed by atoms with Gasteiger partial charge in [-0.3, -0.25) is 9.59 Å². The smallest absolute Gasteiger partial charge is 0.248 e. The van der Waals surface area contributed by atoms with Gasteiger partial charge in [0.1, 0.15) is 0 Å². The maximum atomic E-state index is 12.2. The lowest BCUT2D eigenvalue weighted by molar-refractivity contribution is -0.117. The number of nitrogens with one attached hydrogen (secondary N) is 1. The number of ether oxygens (including phenoxy) is 2. The van der Waals surface area contributed by atoms with E-state index in [1.165, 1.54) is 6.08 Å². The van der Waals surface area contributed by atoms with Crippen LogP contribution in [-0.4, -0.2) is 32.6 Å². The van der Waals surface area contributed by atoms with Crippen molar-refractivity contribution in [1.82, 2.24) is 0 Å². The van der Waals surface area contributed by atoms with E-state index in [1.807, 2.05) is 31.2 Å². The summed E-state index contributed by atoms with van der Waals surface area (Å²) in [5.41, 5.74) is 3.38. The lowest BCUT2D eigenvalue weighted by Crippen LogP contribution is -2.24. The Bertz CT molecular complexity index is 921. The summed E-state index contributed by atoms with van der Waals surface area (Å²) >= 11 is 0. The van der Waals surface area contributed by atoms with E-state index in [-0.39, 0.29) is 11.8 Å². The highest BCUT2D eigenvalue weighted by atomic mass is 16.5. The number of hydrogen-bond donors (Lipinski definition) is 1. The fraction of sp³-hybridized carbons (Fsp3) is 0.273. The van der Waals surface area contributed by atoms with Crippen molar-refractivity contribution in [2.75, 3.05) is 31.0 Å². The number of methoxy groups -OCH3 is 2. The fourth-order valence-electron chi connectivity index (χ4n) is 3.25. The van der Waals surface area contributed by atoms with E-state index >= 15 is 0 Å². The number of carbonyl (C=O) groups excluding carboxylic acids is 2. The van der Waals surface area contributed by atoms with Crippen LogP contribution in [0.3, 0.4) is 0 Å². The normalized spacial score (nSPS) is 13.8. The number of amides is 2. The van der Waals surface area contributed by atoms with Crippen LogP contribution in [0.25, 0.3) is 6.08 Å². The maximum Gasteiger partial charge on any atom is 0.248 e. The predicted molar refractivity (Wildman–Crippen MR) is 110 cm³/mol. The number of anilines is 2. The number of nitrogens with zero attached hydrogens (tertiary/aromatic N) is 1. The van der Waals surface area contributed by atoms with Gasteiger partial charge >= 0.3 is 0 Å². The molecule has 1 N–H and O–H groups in total. The van der Waals surface area contributed by atoms with Gasteiger partial charge in [0, 0.05) is 30.4 Å². The van der Waals surface area contributed by atoms with Crippen molar-refractivity contribution >= 4 is 29.3 Å². The standard InChI is InChI=1S/C22H24N2O4/c1-15-13-17(8-9-18(15)24-12-4-5-22(24)26)23-21(25)11-7-16-6-10-19(27-2)20(14-16)28-3/h6-11,13-14H,4-5,12H2,1-3H3,(H,23,25)/b11-7+. The van der Waals surface area contributed by atoms with Crippen molar-refractivity contribution < 1.29 is 19.1 Å². The maximum absolute atomic E-state index is 12.2. The zero-order chi connectivity index (χ0) is 20.1. The minimum absolute atomic E-state index is 0.151. The molecule has 6 nitrogen and oxygen atoms in total. The fourth-order valence-corrected chi connectivity index (χ4v) is 3.25. The molecule has 6 heteroatoms. The summed E-state index contributed by atoms with van der Waals surface area (Å²) in [4.78, 5) is 26.0. The molecule has 28 heavy (non-hydrogen) atoms. The second kappa shape index (κ2) is 8.61. The van der Waals surface area contributed by atoms with Crippen LogP contribution in [0.15, 0.2) is 42.5 Å². The summed E-state index contributed by atoms with van der Waals surface area (Å²) in [5, 5.41) is 2.85. The summed E-state index contributed by atoms with van der Waals surface area (Å²) in [6.07, 6.45) is 4.66. The molecule has 0 aromatic heterocycles. The van der Waals surface area contributed by atoms with Gasteiger partial charge in [0.05, 0.1) is 14.2 Å². The molecule has 3 rings (SSSR count). The molecular formula is C22H24N2O4. The summed E-state index contributed by atoms with van der Waals surface area (Å²) in [6, 6.07) is 11.0. The van der Waals surface area contributed by atoms with Crippen LogP contribution < -0.4 is 19.7 Å². The van der Waals surface area contributed by atoms with Crippen LogP contribution >= 0.6 is 0 Å². The molecule has 1 heterocycles. The molecule has 1 aliphatic heterocycles. The monoisotopic (exact) mass is 380 g/mol. The second-order valence-corrected chi connectivity index (χ2v) is 6.59. The molecule has 0 aliphatic carbocycles. The summed E-state index contributed by atoms with van der Waals surface area (Å²) in [6.45, 7) is 2.69. The highest BCUT2D eigenvalue weighted by molar-refractivity contribution is 6.02. The summed E-state index contributed by atoms with van der Waals surface area (Å²) in [7, 11) is 3.15. The molecule has 0 radical (unpaired) electrons. The van der Waals surface area contributed by atoms with Gasteiger partial charge in [0.15, 0.2) is 11.5 Å². The van der Waals surface area contributed by atoms with E-state index in [0.717, 1.165) is 29.8 Å². The summed E-state index contributed by atoms with van der Waals surface area (Å²) in [5.74, 6) is 1.15. The molecule has 146 valence electrons. The Kier molecular flexibility index (Phi) is 5.99. The molecule has 0 atom stereocenters. The lowest BCUT2D eigenvalue weighted by Gasteiger charge is -2.19. The van der Waals surface area contributed by atoms with Crippen molar-refractivity contribution in [2.45, 2.75) is 19.8 Å². The Morgan fingerprint density at radius 1 is 1.11 bits per heavy atom. The third-order valence-corrected chi connectivity index (χ3v) is 4.66. The van der Waals surface area contributed by atoms with Crippen molar-refractivity contribution in [1.29, 1.82) is 0 Å². The second-order valence-electron chi connectivity index (χ2n) is 6.59. The van der Waals surface area contributed by atoms with Gasteiger partial charge in [-0.05, 0) is 60.9 Å². The van der Waals surface area contributed by atoms with Gasteiger partial charge in [-0.2, -0.15) is 0 Å². The van der Waals surface area contributed by atoms with E-state index in [4.69, 9.17) is 9.47 Å². The third kappa shape index (κ3) is 4.34. The van der Waals surface area contributed by atoms with Gasteiger partial charge in [0.2, 0.25) is 11.8 Å². The Labute approximate surface area is 164 Å². The van der Waals surface area contributed by atoms with Crippen LogP contribution in [0, 0.1) is 6.92 Å². The highest BCUT2D eigenvalue weighted by Gasteiger charge is 2.22. The first kappa shape index (κ1) is 19.5. The average Bonchev–Trinajstić information content (AvgIpc) is 3.12. The molecule has 1 fully saturated rings. The number of benzene rings is 2. The average molecular weight is 380 g/mol. The zero-order valence-corrected chi connectivity index (χ0v) is 16.3. The van der Waals surface area contributed by atoms with Crippen molar-refractivity contribution in [3.63, 3.8) is 0 Å². The number of aryl methyl sites for hydroxylation is 1. The van der Waals surface area contributed by atoms with Crippen LogP contribution in [-0.2, 0) is 9.59 Å². The first-order chi connectivity index (χ1) is 13.5. The Morgan fingerprint density at radius 2 is 1.89 bits per heavy atom. The van der Waals surface area contributed by atoms with E-state index in [2.05, 4.69) is 5.32 Å². The Morgan fingerprint density at radius 3 is 2.54 bits per heavy atom. The SMILES string of the molecule is COc1ccc(/C=C/C(=O)Nc2ccc(N3CCCC3=O)c(C)c2)cc1OC. The van der Waals surface area contributed by atoms with Gasteiger partial charge in [-0.15, -0.1) is 0 Å². The highest BCUT2D eigenvalue weighted by Crippen LogP contribution is 2.29. The van der Waals surface area contributed by atoms with Gasteiger partial charge in [-0.25, -0.2) is 0 Å². The molecule has 2 aromatic carbocycles. The topological polar surface area (TPSA) is 67.9 Å². The molecule has 0 saturated carbocycles. The van der Waals surface area contributed by atoms with Crippen molar-refractivity contribution in [3.05, 3.63) is 53.6 Å². The molecule has 0 spiro atoms. The van der Waals surface area contributed by atoms with Crippen LogP contribution in [0.1, 0.15) is 24.0 Å². The lowest BCUT2D eigenvalue weighted by atomic mass is 10.1. The first-order valence-corrected chi connectivity index (χ1v) is 9.14. The number of carbonyl (C=O) groups is 2. The Hall–Kier alpha value is -3.28. The van der Waals surface area contributed by atoms with E-state index in [9.17, 15) is 9.59 Å². The van der Waals surface area contributed by atoms with Crippen LogP contribution in [0.2, 0.25) is 0 Å². The predicted octanol–water partition coefficient (Wildman–Crippen LogP) is 3.79. The minimum Gasteiger partial charge on any atom is -0.493 e. The largest absolute Gasteiger partial charge is 0.493 e. The first-order valence-electron chi connectivity index (χ1n) is 9.14. The van der Waals surface area contributed by atoms with E-state index in [0.29, 0.717) is 23.6 Å². The van der Waals surface area contributed by atoms with E-state index in [1.54, 1.807) is 37.3 Å². The van der Waals surface area contributed by atoms with Crippen molar-refractivity contribution in [3.8, 4) is 11.5 Å². The summed E-state index contributed by atoms with van der Waals surface area (Å²) < 4.78 is 10.5. The van der Waals surface area contributed by atoms with Gasteiger partial charge < -0.3 is 19.7 Å². The minimum atomic E-state index is -0.237. The Balaban J connectivity index is 1.67. The van der Waals surface area contributed by atoms with Gasteiger partial charge in [0.25, 0.3) is 0 Å². The molecule has 2 amide bonds. The number of rotatable bonds is 6. The van der Waals surface area contributed by atoms with Crippen molar-refractivity contribution in [2.24, 2.45) is 0 Å². The molecular weight excluding hydrogens is 356 g/mol. The molecule has 1 saturated heterocycles. The van der Waals surface area contributed by atoms with Crippen LogP contribution in [0.5, 0.6) is 11.5 Å². The van der Waals surface area contributed by atoms with Gasteiger partial charge in [-0.1, -0.05) is 6.07 Å².